The van der Waals surface area contributed by atoms with Crippen LogP contribution in [0, 0.1) is 15.9 Å². The van der Waals surface area contributed by atoms with Gasteiger partial charge < -0.3 is 10.1 Å². The molecule has 0 aromatic heterocycles. The lowest BCUT2D eigenvalue weighted by molar-refractivity contribution is -0.386. The Balaban J connectivity index is 1.77. The average molecular weight is 294 g/mol. The van der Waals surface area contributed by atoms with Crippen LogP contribution in [0.4, 0.5) is 15.8 Å². The maximum absolute atomic E-state index is 13.6. The van der Waals surface area contributed by atoms with Gasteiger partial charge in [-0.05, 0) is 37.8 Å². The first-order chi connectivity index (χ1) is 10.1. The van der Waals surface area contributed by atoms with Gasteiger partial charge in [0.25, 0.3) is 0 Å². The standard InChI is InChI=1S/C15H19FN2O3/c16-12-4-3-5-13(14(12)18(19)20)17-11-6-9-21-15(10-11)7-1-2-8-15/h3-5,11,17H,1-2,6-10H2. The van der Waals surface area contributed by atoms with E-state index in [4.69, 9.17) is 4.74 Å². The minimum absolute atomic E-state index is 0.0714. The van der Waals surface area contributed by atoms with Crippen LogP contribution in [0.2, 0.25) is 0 Å². The number of benzene rings is 1. The molecule has 6 heteroatoms. The van der Waals surface area contributed by atoms with Gasteiger partial charge in [-0.1, -0.05) is 18.9 Å². The molecule has 5 nitrogen and oxygen atoms in total. The van der Waals surface area contributed by atoms with Gasteiger partial charge in [0.1, 0.15) is 5.69 Å². The van der Waals surface area contributed by atoms with E-state index in [-0.39, 0.29) is 17.3 Å². The first-order valence-electron chi connectivity index (χ1n) is 7.43. The highest BCUT2D eigenvalue weighted by Crippen LogP contribution is 2.41. The van der Waals surface area contributed by atoms with Gasteiger partial charge in [-0.2, -0.15) is 4.39 Å². The monoisotopic (exact) mass is 294 g/mol. The summed E-state index contributed by atoms with van der Waals surface area (Å²) < 4.78 is 19.6. The number of halogens is 1. The second-order valence-corrected chi connectivity index (χ2v) is 5.97. The highest BCUT2D eigenvalue weighted by Gasteiger charge is 2.40. The van der Waals surface area contributed by atoms with Gasteiger partial charge in [-0.15, -0.1) is 0 Å². The molecule has 1 saturated carbocycles. The molecular weight excluding hydrogens is 275 g/mol. The van der Waals surface area contributed by atoms with Crippen molar-refractivity contribution < 1.29 is 14.1 Å². The summed E-state index contributed by atoms with van der Waals surface area (Å²) in [6.45, 7) is 0.654. The quantitative estimate of drug-likeness (QED) is 0.683. The predicted octanol–water partition coefficient (Wildman–Crippen LogP) is 3.64. The van der Waals surface area contributed by atoms with E-state index in [1.54, 1.807) is 6.07 Å². The Morgan fingerprint density at radius 1 is 1.38 bits per heavy atom. The second kappa shape index (κ2) is 5.60. The van der Waals surface area contributed by atoms with Gasteiger partial charge in [0, 0.05) is 12.6 Å². The number of nitrogens with zero attached hydrogens (tertiary/aromatic N) is 1. The van der Waals surface area contributed by atoms with E-state index >= 15 is 0 Å². The summed E-state index contributed by atoms with van der Waals surface area (Å²) >= 11 is 0. The Morgan fingerprint density at radius 3 is 2.86 bits per heavy atom. The smallest absolute Gasteiger partial charge is 0.327 e. The Labute approximate surface area is 122 Å². The Kier molecular flexibility index (Phi) is 3.80. The molecule has 0 amide bonds. The zero-order valence-electron chi connectivity index (χ0n) is 11.8. The summed E-state index contributed by atoms with van der Waals surface area (Å²) in [5, 5.41) is 14.2. The van der Waals surface area contributed by atoms with Gasteiger partial charge in [-0.25, -0.2) is 0 Å². The highest BCUT2D eigenvalue weighted by molar-refractivity contribution is 5.62. The summed E-state index contributed by atoms with van der Waals surface area (Å²) in [7, 11) is 0. The van der Waals surface area contributed by atoms with Crippen molar-refractivity contribution in [1.29, 1.82) is 0 Å². The van der Waals surface area contributed by atoms with E-state index in [0.717, 1.165) is 31.7 Å². The van der Waals surface area contributed by atoms with Gasteiger partial charge in [0.05, 0.1) is 10.5 Å². The topological polar surface area (TPSA) is 64.4 Å². The molecule has 1 unspecified atom stereocenters. The van der Waals surface area contributed by atoms with E-state index in [0.29, 0.717) is 6.61 Å². The van der Waals surface area contributed by atoms with Crippen molar-refractivity contribution in [2.24, 2.45) is 0 Å². The molecule has 114 valence electrons. The third-order valence-electron chi connectivity index (χ3n) is 4.54. The van der Waals surface area contributed by atoms with E-state index in [1.165, 1.54) is 18.9 Å². The summed E-state index contributed by atoms with van der Waals surface area (Å²) in [6, 6.07) is 4.27. The van der Waals surface area contributed by atoms with Crippen LogP contribution in [0.15, 0.2) is 18.2 Å². The molecule has 1 aliphatic heterocycles. The van der Waals surface area contributed by atoms with Crippen LogP contribution in [0.5, 0.6) is 0 Å². The molecule has 1 heterocycles. The Morgan fingerprint density at radius 2 is 2.14 bits per heavy atom. The van der Waals surface area contributed by atoms with Crippen molar-refractivity contribution in [2.45, 2.75) is 50.2 Å². The number of para-hydroxylation sites is 1. The molecule has 1 atom stereocenters. The maximum atomic E-state index is 13.6. The van der Waals surface area contributed by atoms with Crippen LogP contribution in [0.25, 0.3) is 0 Å². The fourth-order valence-corrected chi connectivity index (χ4v) is 3.56. The molecule has 1 aromatic rings. The highest BCUT2D eigenvalue weighted by atomic mass is 19.1. The number of nitrogens with one attached hydrogen (secondary N) is 1. The third-order valence-corrected chi connectivity index (χ3v) is 4.54. The van der Waals surface area contributed by atoms with Crippen LogP contribution in [-0.4, -0.2) is 23.2 Å². The molecule has 1 aromatic carbocycles. The minimum Gasteiger partial charge on any atom is -0.376 e. The van der Waals surface area contributed by atoms with E-state index in [1.807, 2.05) is 0 Å². The molecular formula is C15H19FN2O3. The van der Waals surface area contributed by atoms with Crippen LogP contribution in [0.1, 0.15) is 38.5 Å². The van der Waals surface area contributed by atoms with Crippen molar-refractivity contribution in [3.05, 3.63) is 34.1 Å². The summed E-state index contributed by atoms with van der Waals surface area (Å²) in [5.41, 5.74) is -0.276. The number of nitro benzene ring substituents is 1. The first-order valence-corrected chi connectivity index (χ1v) is 7.43. The van der Waals surface area contributed by atoms with Crippen molar-refractivity contribution in [2.75, 3.05) is 11.9 Å². The zero-order chi connectivity index (χ0) is 14.9. The van der Waals surface area contributed by atoms with Crippen molar-refractivity contribution >= 4 is 11.4 Å². The predicted molar refractivity (Wildman–Crippen MR) is 76.9 cm³/mol. The third kappa shape index (κ3) is 2.85. The zero-order valence-corrected chi connectivity index (χ0v) is 11.8. The fourth-order valence-electron chi connectivity index (χ4n) is 3.56. The lowest BCUT2D eigenvalue weighted by Gasteiger charge is -2.38. The molecule has 2 aliphatic rings. The second-order valence-electron chi connectivity index (χ2n) is 5.97. The number of nitro groups is 1. The molecule has 1 saturated heterocycles. The normalized spacial score (nSPS) is 24.1. The maximum Gasteiger partial charge on any atom is 0.327 e. The molecule has 0 bridgehead atoms. The molecule has 2 fully saturated rings. The van der Waals surface area contributed by atoms with Gasteiger partial charge in [0.2, 0.25) is 5.82 Å². The SMILES string of the molecule is O=[N+]([O-])c1c(F)cccc1NC1CCOC2(CCCC2)C1. The summed E-state index contributed by atoms with van der Waals surface area (Å²) in [4.78, 5) is 10.4. The molecule has 1 N–H and O–H groups in total. The van der Waals surface area contributed by atoms with E-state index in [9.17, 15) is 14.5 Å². The number of hydrogen-bond donors (Lipinski definition) is 1. The van der Waals surface area contributed by atoms with Crippen molar-refractivity contribution in [1.82, 2.24) is 0 Å². The number of hydrogen-bond acceptors (Lipinski definition) is 4. The fraction of sp³-hybridized carbons (Fsp3) is 0.600. The molecule has 0 radical (unpaired) electrons. The molecule has 1 aliphatic carbocycles. The van der Waals surface area contributed by atoms with Crippen LogP contribution in [-0.2, 0) is 4.74 Å². The largest absolute Gasteiger partial charge is 0.376 e. The number of ether oxygens (including phenoxy) is 1. The number of anilines is 1. The lowest BCUT2D eigenvalue weighted by Crippen LogP contribution is -2.42. The first kappa shape index (κ1) is 14.3. The molecule has 21 heavy (non-hydrogen) atoms. The summed E-state index contributed by atoms with van der Waals surface area (Å²) in [5.74, 6) is -0.798. The van der Waals surface area contributed by atoms with Crippen LogP contribution in [0.3, 0.4) is 0 Å². The van der Waals surface area contributed by atoms with Gasteiger partial charge in [-0.3, -0.25) is 10.1 Å². The number of rotatable bonds is 3. The Hall–Kier alpha value is -1.69. The van der Waals surface area contributed by atoms with Gasteiger partial charge >= 0.3 is 5.69 Å². The minimum atomic E-state index is -0.798. The van der Waals surface area contributed by atoms with Crippen LogP contribution < -0.4 is 5.32 Å². The lowest BCUT2D eigenvalue weighted by atomic mass is 9.89. The molecule has 3 rings (SSSR count). The molecule has 1 spiro atoms. The average Bonchev–Trinajstić information content (AvgIpc) is 2.86. The van der Waals surface area contributed by atoms with Crippen molar-refractivity contribution in [3.63, 3.8) is 0 Å². The summed E-state index contributed by atoms with van der Waals surface area (Å²) in [6.07, 6.45) is 6.07. The van der Waals surface area contributed by atoms with Crippen molar-refractivity contribution in [3.8, 4) is 0 Å². The Bertz CT molecular complexity index is 544. The van der Waals surface area contributed by atoms with E-state index in [2.05, 4.69) is 5.32 Å². The van der Waals surface area contributed by atoms with Crippen LogP contribution >= 0.6 is 0 Å². The van der Waals surface area contributed by atoms with E-state index < -0.39 is 16.4 Å². The van der Waals surface area contributed by atoms with Gasteiger partial charge in [0.15, 0.2) is 0 Å².